The van der Waals surface area contributed by atoms with Crippen LogP contribution in [0.15, 0.2) is 41.4 Å². The first-order valence-corrected chi connectivity index (χ1v) is 7.76. The second kappa shape index (κ2) is 5.80. The number of nitrogens with zero attached hydrogens (tertiary/aromatic N) is 1. The molecular weight excluding hydrogens is 314 g/mol. The Labute approximate surface area is 127 Å². The largest absolute Gasteiger partial charge is 0.321 e. The maximum atomic E-state index is 12.0. The highest BCUT2D eigenvalue weighted by Crippen LogP contribution is 2.25. The van der Waals surface area contributed by atoms with Gasteiger partial charge in [0.15, 0.2) is 0 Å². The van der Waals surface area contributed by atoms with Crippen LogP contribution in [0.5, 0.6) is 0 Å². The summed E-state index contributed by atoms with van der Waals surface area (Å²) in [7, 11) is -3.83. The lowest BCUT2D eigenvalue weighted by Gasteiger charge is -2.08. The summed E-state index contributed by atoms with van der Waals surface area (Å²) < 4.78 is 22.4. The maximum absolute atomic E-state index is 12.0. The van der Waals surface area contributed by atoms with E-state index in [9.17, 15) is 13.2 Å². The zero-order valence-corrected chi connectivity index (χ0v) is 12.6. The Kier molecular flexibility index (Phi) is 4.26. The number of pyridine rings is 1. The molecule has 110 valence electrons. The molecule has 0 fully saturated rings. The van der Waals surface area contributed by atoms with Crippen molar-refractivity contribution in [3.8, 4) is 0 Å². The molecule has 0 spiro atoms. The fourth-order valence-electron chi connectivity index (χ4n) is 1.57. The normalized spacial score (nSPS) is 11.2. The van der Waals surface area contributed by atoms with E-state index in [0.717, 1.165) is 5.69 Å². The second-order valence-electron chi connectivity index (χ2n) is 4.33. The molecule has 21 heavy (non-hydrogen) atoms. The number of anilines is 1. The van der Waals surface area contributed by atoms with Crippen molar-refractivity contribution in [3.63, 3.8) is 0 Å². The Balaban J connectivity index is 2.24. The predicted octanol–water partition coefficient (Wildman–Crippen LogP) is 1.94. The molecule has 0 atom stereocenters. The first-order valence-electron chi connectivity index (χ1n) is 5.84. The van der Waals surface area contributed by atoms with Crippen molar-refractivity contribution < 1.29 is 13.2 Å². The third kappa shape index (κ3) is 3.78. The highest BCUT2D eigenvalue weighted by atomic mass is 35.5. The molecule has 1 aromatic heterocycles. The quantitative estimate of drug-likeness (QED) is 0.900. The summed E-state index contributed by atoms with van der Waals surface area (Å²) in [6, 6.07) is 7.16. The molecule has 0 unspecified atom stereocenters. The van der Waals surface area contributed by atoms with Crippen LogP contribution in [0, 0.1) is 6.92 Å². The van der Waals surface area contributed by atoms with Gasteiger partial charge >= 0.3 is 0 Å². The summed E-state index contributed by atoms with van der Waals surface area (Å²) in [6.45, 7) is 1.81. The number of benzene rings is 1. The van der Waals surface area contributed by atoms with Crippen molar-refractivity contribution >= 4 is 33.2 Å². The molecule has 0 bridgehead atoms. The van der Waals surface area contributed by atoms with Crippen LogP contribution in [0.4, 0.5) is 5.69 Å². The van der Waals surface area contributed by atoms with Crippen LogP contribution in [-0.2, 0) is 10.0 Å². The number of nitrogens with two attached hydrogens (primary N) is 1. The number of sulfonamides is 1. The molecule has 1 aromatic carbocycles. The van der Waals surface area contributed by atoms with Gasteiger partial charge in [0.1, 0.15) is 0 Å². The van der Waals surface area contributed by atoms with Gasteiger partial charge in [0.05, 0.1) is 21.2 Å². The number of rotatable bonds is 3. The van der Waals surface area contributed by atoms with Crippen LogP contribution < -0.4 is 10.5 Å². The summed E-state index contributed by atoms with van der Waals surface area (Å²) in [4.78, 5) is 15.9. The minimum atomic E-state index is -3.83. The van der Waals surface area contributed by atoms with Gasteiger partial charge in [-0.1, -0.05) is 11.6 Å². The van der Waals surface area contributed by atoms with Gasteiger partial charge in [-0.25, -0.2) is 13.6 Å². The average molecular weight is 326 g/mol. The highest BCUT2D eigenvalue weighted by molar-refractivity contribution is 7.89. The standard InChI is InChI=1S/C13H12ClN3O3S/c1-8-2-3-9(7-16-8)13(18)17-12-5-4-10(6-11(12)14)21(15,19)20/h2-7H,1H3,(H,17,18)(H2,15,19,20). The zero-order valence-electron chi connectivity index (χ0n) is 11.0. The van der Waals surface area contributed by atoms with Gasteiger partial charge in [-0.05, 0) is 37.3 Å². The second-order valence-corrected chi connectivity index (χ2v) is 6.30. The molecule has 2 rings (SSSR count). The van der Waals surface area contributed by atoms with Crippen molar-refractivity contribution in [1.82, 2.24) is 4.98 Å². The number of nitrogens with one attached hydrogen (secondary N) is 1. The van der Waals surface area contributed by atoms with Crippen molar-refractivity contribution in [1.29, 1.82) is 0 Å². The van der Waals surface area contributed by atoms with E-state index >= 15 is 0 Å². The lowest BCUT2D eigenvalue weighted by molar-refractivity contribution is 0.102. The van der Waals surface area contributed by atoms with E-state index in [2.05, 4.69) is 10.3 Å². The highest BCUT2D eigenvalue weighted by Gasteiger charge is 2.13. The summed E-state index contributed by atoms with van der Waals surface area (Å²) in [6.07, 6.45) is 1.44. The Morgan fingerprint density at radius 2 is 2.00 bits per heavy atom. The number of carbonyl (C=O) groups excluding carboxylic acids is 1. The number of aromatic nitrogens is 1. The van der Waals surface area contributed by atoms with E-state index in [0.29, 0.717) is 5.56 Å². The number of amides is 1. The van der Waals surface area contributed by atoms with Crippen LogP contribution in [0.3, 0.4) is 0 Å². The zero-order chi connectivity index (χ0) is 15.6. The van der Waals surface area contributed by atoms with Crippen LogP contribution in [-0.4, -0.2) is 19.3 Å². The number of carbonyl (C=O) groups is 1. The summed E-state index contributed by atoms with van der Waals surface area (Å²) >= 11 is 5.94. The third-order valence-electron chi connectivity index (χ3n) is 2.69. The van der Waals surface area contributed by atoms with Crippen molar-refractivity contribution in [2.75, 3.05) is 5.32 Å². The lowest BCUT2D eigenvalue weighted by Crippen LogP contribution is -2.14. The topological polar surface area (TPSA) is 102 Å². The Morgan fingerprint density at radius 1 is 1.29 bits per heavy atom. The Hall–Kier alpha value is -1.96. The molecule has 1 heterocycles. The van der Waals surface area contributed by atoms with E-state index in [1.54, 1.807) is 12.1 Å². The lowest BCUT2D eigenvalue weighted by atomic mass is 10.2. The molecule has 8 heteroatoms. The number of hydrogen-bond acceptors (Lipinski definition) is 4. The van der Waals surface area contributed by atoms with E-state index in [1.807, 2.05) is 6.92 Å². The van der Waals surface area contributed by atoms with Gasteiger partial charge in [-0.3, -0.25) is 9.78 Å². The van der Waals surface area contributed by atoms with E-state index in [4.69, 9.17) is 16.7 Å². The van der Waals surface area contributed by atoms with E-state index in [1.165, 1.54) is 24.4 Å². The third-order valence-corrected chi connectivity index (χ3v) is 3.91. The molecule has 1 amide bonds. The first-order chi connectivity index (χ1) is 9.77. The van der Waals surface area contributed by atoms with E-state index < -0.39 is 15.9 Å². The number of aryl methyl sites for hydroxylation is 1. The molecule has 3 N–H and O–H groups in total. The molecule has 2 aromatic rings. The first kappa shape index (κ1) is 15.4. The minimum absolute atomic E-state index is 0.0787. The van der Waals surface area contributed by atoms with Crippen LogP contribution in [0.2, 0.25) is 5.02 Å². The van der Waals surface area contributed by atoms with Gasteiger partial charge in [-0.2, -0.15) is 0 Å². The van der Waals surface area contributed by atoms with Crippen LogP contribution in [0.1, 0.15) is 16.1 Å². The SMILES string of the molecule is Cc1ccc(C(=O)Nc2ccc(S(N)(=O)=O)cc2Cl)cn1. The van der Waals surface area contributed by atoms with E-state index in [-0.39, 0.29) is 15.6 Å². The maximum Gasteiger partial charge on any atom is 0.257 e. The van der Waals surface area contributed by atoms with Gasteiger partial charge < -0.3 is 5.32 Å². The number of primary sulfonamides is 1. The molecule has 0 saturated heterocycles. The minimum Gasteiger partial charge on any atom is -0.321 e. The monoisotopic (exact) mass is 325 g/mol. The summed E-state index contributed by atoms with van der Waals surface area (Å²) in [5.74, 6) is -0.396. The van der Waals surface area contributed by atoms with Gasteiger partial charge in [0.25, 0.3) is 5.91 Å². The molecule has 0 radical (unpaired) electrons. The smallest absolute Gasteiger partial charge is 0.257 e. The molecule has 0 aliphatic carbocycles. The van der Waals surface area contributed by atoms with Crippen molar-refractivity contribution in [3.05, 3.63) is 52.8 Å². The summed E-state index contributed by atoms with van der Waals surface area (Å²) in [5, 5.41) is 7.66. The van der Waals surface area contributed by atoms with Crippen LogP contribution >= 0.6 is 11.6 Å². The molecular formula is C13H12ClN3O3S. The molecule has 0 aliphatic rings. The Bertz CT molecular complexity index is 789. The fourth-order valence-corrected chi connectivity index (χ4v) is 2.40. The van der Waals surface area contributed by atoms with Crippen molar-refractivity contribution in [2.45, 2.75) is 11.8 Å². The molecule has 0 aliphatic heterocycles. The fraction of sp³-hybridized carbons (Fsp3) is 0.0769. The average Bonchev–Trinajstić information content (AvgIpc) is 2.40. The van der Waals surface area contributed by atoms with Gasteiger partial charge in [0.2, 0.25) is 10.0 Å². The van der Waals surface area contributed by atoms with Gasteiger partial charge in [0, 0.05) is 11.9 Å². The van der Waals surface area contributed by atoms with Gasteiger partial charge in [-0.15, -0.1) is 0 Å². The van der Waals surface area contributed by atoms with Crippen molar-refractivity contribution in [2.24, 2.45) is 5.14 Å². The van der Waals surface area contributed by atoms with Crippen LogP contribution in [0.25, 0.3) is 0 Å². The Morgan fingerprint density at radius 3 is 2.52 bits per heavy atom. The summed E-state index contributed by atoms with van der Waals surface area (Å²) in [5.41, 5.74) is 1.45. The predicted molar refractivity (Wildman–Crippen MR) is 79.8 cm³/mol. The molecule has 0 saturated carbocycles. The number of hydrogen-bond donors (Lipinski definition) is 2. The number of halogens is 1. The molecule has 6 nitrogen and oxygen atoms in total.